The zero-order chi connectivity index (χ0) is 18.0. The van der Waals surface area contributed by atoms with Crippen LogP contribution in [0, 0.1) is 15.5 Å². The summed E-state index contributed by atoms with van der Waals surface area (Å²) in [5.41, 5.74) is -1.45. The van der Waals surface area contributed by atoms with E-state index >= 15 is 0 Å². The van der Waals surface area contributed by atoms with E-state index in [-0.39, 0.29) is 16.7 Å². The van der Waals surface area contributed by atoms with Gasteiger partial charge in [-0.1, -0.05) is 20.8 Å². The minimum absolute atomic E-state index is 0.0620. The maximum Gasteiger partial charge on any atom is 0.292 e. The van der Waals surface area contributed by atoms with Crippen LogP contribution in [-0.2, 0) is 4.79 Å². The van der Waals surface area contributed by atoms with Gasteiger partial charge in [0.2, 0.25) is 0 Å². The van der Waals surface area contributed by atoms with E-state index in [2.05, 4.69) is 5.32 Å². The number of hydrogen-bond donors (Lipinski definition) is 2. The predicted octanol–water partition coefficient (Wildman–Crippen LogP) is 2.81. The first kappa shape index (κ1) is 18.6. The van der Waals surface area contributed by atoms with Gasteiger partial charge >= 0.3 is 0 Å². The maximum absolute atomic E-state index is 12.2. The number of benzene rings is 1. The average Bonchev–Trinajstić information content (AvgIpc) is 2.34. The van der Waals surface area contributed by atoms with Crippen molar-refractivity contribution in [2.45, 2.75) is 46.6 Å². The van der Waals surface area contributed by atoms with Crippen molar-refractivity contribution in [2.75, 3.05) is 0 Å². The van der Waals surface area contributed by atoms with E-state index in [1.165, 1.54) is 0 Å². The highest BCUT2D eigenvalue weighted by Gasteiger charge is 2.31. The van der Waals surface area contributed by atoms with Crippen LogP contribution >= 0.6 is 0 Å². The van der Waals surface area contributed by atoms with E-state index in [0.717, 1.165) is 18.2 Å². The fourth-order valence-corrected chi connectivity index (χ4v) is 2.68. The highest BCUT2D eigenvalue weighted by Crippen LogP contribution is 2.27. The number of rotatable bonds is 5. The molecule has 23 heavy (non-hydrogen) atoms. The molecule has 0 aliphatic heterocycles. The van der Waals surface area contributed by atoms with Gasteiger partial charge in [-0.25, -0.2) is 0 Å². The fourth-order valence-electron chi connectivity index (χ4n) is 2.68. The smallest absolute Gasteiger partial charge is 0.292 e. The first-order valence-corrected chi connectivity index (χ1v) is 7.17. The number of nitro benzene ring substituents is 1. The van der Waals surface area contributed by atoms with Crippen LogP contribution in [0.3, 0.4) is 0 Å². The van der Waals surface area contributed by atoms with Gasteiger partial charge in [0.15, 0.2) is 0 Å². The van der Waals surface area contributed by atoms with Crippen LogP contribution in [0.2, 0.25) is 0 Å². The van der Waals surface area contributed by atoms with Gasteiger partial charge in [-0.15, -0.1) is 0 Å². The number of amides is 1. The number of phenols is 1. The Hall–Kier alpha value is -2.44. The molecule has 0 aliphatic carbocycles. The van der Waals surface area contributed by atoms with Crippen molar-refractivity contribution in [1.82, 2.24) is 5.32 Å². The first-order valence-electron chi connectivity index (χ1n) is 7.17. The van der Waals surface area contributed by atoms with E-state index < -0.39 is 27.9 Å². The van der Waals surface area contributed by atoms with E-state index in [1.54, 1.807) is 13.8 Å². The van der Waals surface area contributed by atoms with Crippen LogP contribution in [0.4, 0.5) is 5.69 Å². The Morgan fingerprint density at radius 3 is 2.26 bits per heavy atom. The summed E-state index contributed by atoms with van der Waals surface area (Å²) in [5.74, 6) is -2.38. The number of nitrogens with one attached hydrogen (secondary N) is 1. The third-order valence-electron chi connectivity index (χ3n) is 3.07. The number of carbonyl (C=O) groups excluding carboxylic acids is 2. The van der Waals surface area contributed by atoms with Crippen molar-refractivity contribution in [3.05, 3.63) is 33.9 Å². The summed E-state index contributed by atoms with van der Waals surface area (Å²) < 4.78 is 0. The molecule has 0 heterocycles. The van der Waals surface area contributed by atoms with Gasteiger partial charge < -0.3 is 10.4 Å². The molecule has 0 bridgehead atoms. The molecule has 0 saturated carbocycles. The lowest BCUT2D eigenvalue weighted by molar-refractivity contribution is -0.384. The molecule has 0 spiro atoms. The van der Waals surface area contributed by atoms with Gasteiger partial charge in [0.1, 0.15) is 5.75 Å². The SMILES string of the molecule is CC(C)(C)CC(C)(C)NC(=O)C(=O)c1cc([N+](=O)[O-])ccc1O. The molecule has 0 radical (unpaired) electrons. The molecule has 1 aromatic rings. The van der Waals surface area contributed by atoms with Crippen molar-refractivity contribution in [1.29, 1.82) is 0 Å². The predicted molar refractivity (Wildman–Crippen MR) is 85.4 cm³/mol. The van der Waals surface area contributed by atoms with Gasteiger partial charge in [-0.3, -0.25) is 19.7 Å². The quantitative estimate of drug-likeness (QED) is 0.375. The van der Waals surface area contributed by atoms with Crippen LogP contribution in [0.15, 0.2) is 18.2 Å². The summed E-state index contributed by atoms with van der Waals surface area (Å²) in [7, 11) is 0. The summed E-state index contributed by atoms with van der Waals surface area (Å²) in [6.45, 7) is 9.60. The van der Waals surface area contributed by atoms with Gasteiger partial charge in [0.25, 0.3) is 17.4 Å². The van der Waals surface area contributed by atoms with Crippen LogP contribution < -0.4 is 5.32 Å². The molecule has 1 rings (SSSR count). The lowest BCUT2D eigenvalue weighted by atomic mass is 9.81. The monoisotopic (exact) mass is 322 g/mol. The largest absolute Gasteiger partial charge is 0.507 e. The number of nitro groups is 1. The Kier molecular flexibility index (Phi) is 5.14. The topological polar surface area (TPSA) is 110 Å². The molecule has 1 aromatic carbocycles. The van der Waals surface area contributed by atoms with Crippen molar-refractivity contribution >= 4 is 17.4 Å². The number of hydrogen-bond acceptors (Lipinski definition) is 5. The first-order chi connectivity index (χ1) is 10.3. The van der Waals surface area contributed by atoms with Crippen LogP contribution in [0.5, 0.6) is 5.75 Å². The molecule has 0 aromatic heterocycles. The normalized spacial score (nSPS) is 11.9. The standard InChI is InChI=1S/C16H22N2O5/c1-15(2,3)9-16(4,5)17-14(21)13(20)11-8-10(18(22)23)6-7-12(11)19/h6-8,19H,9H2,1-5H3,(H,17,21). The lowest BCUT2D eigenvalue weighted by Crippen LogP contribution is -2.48. The number of aromatic hydroxyl groups is 1. The van der Waals surface area contributed by atoms with E-state index in [9.17, 15) is 24.8 Å². The van der Waals surface area contributed by atoms with Crippen LogP contribution in [0.25, 0.3) is 0 Å². The van der Waals surface area contributed by atoms with Crippen molar-refractivity contribution < 1.29 is 19.6 Å². The number of non-ortho nitro benzene ring substituents is 1. The van der Waals surface area contributed by atoms with Crippen LogP contribution in [-0.4, -0.2) is 27.3 Å². The van der Waals surface area contributed by atoms with E-state index in [0.29, 0.717) is 6.42 Å². The zero-order valence-corrected chi connectivity index (χ0v) is 14.0. The van der Waals surface area contributed by atoms with Crippen molar-refractivity contribution in [3.8, 4) is 5.75 Å². The number of nitrogens with zero attached hydrogens (tertiary/aromatic N) is 1. The molecule has 0 aliphatic rings. The summed E-state index contributed by atoms with van der Waals surface area (Å²) in [6.07, 6.45) is 0.625. The molecule has 2 N–H and O–H groups in total. The lowest BCUT2D eigenvalue weighted by Gasteiger charge is -2.33. The third kappa shape index (κ3) is 5.36. The molecule has 1 amide bonds. The van der Waals surface area contributed by atoms with Crippen LogP contribution in [0.1, 0.15) is 51.4 Å². The Balaban J connectivity index is 2.99. The second kappa shape index (κ2) is 6.36. The third-order valence-corrected chi connectivity index (χ3v) is 3.07. The molecule has 7 nitrogen and oxygen atoms in total. The Morgan fingerprint density at radius 1 is 1.22 bits per heavy atom. The van der Waals surface area contributed by atoms with Gasteiger partial charge in [-0.05, 0) is 31.7 Å². The number of phenolic OH excluding ortho intramolecular Hbond substituents is 1. The summed E-state index contributed by atoms with van der Waals surface area (Å²) in [6, 6.07) is 2.99. The Labute approximate surface area is 134 Å². The summed E-state index contributed by atoms with van der Waals surface area (Å²) in [4.78, 5) is 34.4. The summed E-state index contributed by atoms with van der Waals surface area (Å²) >= 11 is 0. The molecule has 126 valence electrons. The number of ketones is 1. The average molecular weight is 322 g/mol. The second-order valence-electron chi connectivity index (χ2n) is 7.36. The molecular weight excluding hydrogens is 300 g/mol. The molecule has 7 heteroatoms. The van der Waals surface area contributed by atoms with Gasteiger partial charge in [0, 0.05) is 17.7 Å². The van der Waals surface area contributed by atoms with Gasteiger partial charge in [0.05, 0.1) is 10.5 Å². The van der Waals surface area contributed by atoms with E-state index in [4.69, 9.17) is 0 Å². The molecule has 0 atom stereocenters. The zero-order valence-electron chi connectivity index (χ0n) is 14.0. The number of Topliss-reactive ketones (excluding diaryl/α,β-unsaturated/α-hetero) is 1. The minimum atomic E-state index is -1.01. The Bertz CT molecular complexity index is 644. The molecule has 0 saturated heterocycles. The second-order valence-corrected chi connectivity index (χ2v) is 7.36. The number of carbonyl (C=O) groups is 2. The Morgan fingerprint density at radius 2 is 1.78 bits per heavy atom. The summed E-state index contributed by atoms with van der Waals surface area (Å²) in [5, 5.41) is 23.1. The molecule has 0 unspecified atom stereocenters. The molecule has 0 fully saturated rings. The van der Waals surface area contributed by atoms with Crippen molar-refractivity contribution in [3.63, 3.8) is 0 Å². The van der Waals surface area contributed by atoms with Gasteiger partial charge in [-0.2, -0.15) is 0 Å². The minimum Gasteiger partial charge on any atom is -0.507 e. The highest BCUT2D eigenvalue weighted by molar-refractivity contribution is 6.43. The maximum atomic E-state index is 12.2. The van der Waals surface area contributed by atoms with E-state index in [1.807, 2.05) is 20.8 Å². The fraction of sp³-hybridized carbons (Fsp3) is 0.500. The highest BCUT2D eigenvalue weighted by atomic mass is 16.6. The van der Waals surface area contributed by atoms with Crippen molar-refractivity contribution in [2.24, 2.45) is 5.41 Å². The molecular formula is C16H22N2O5.